The normalized spacial score (nSPS) is 15.6. The van der Waals surface area contributed by atoms with Crippen LogP contribution in [0.4, 0.5) is 4.79 Å². The molecule has 0 bridgehead atoms. The first-order chi connectivity index (χ1) is 14.2. The zero-order chi connectivity index (χ0) is 22.1. The number of nitrogens with two attached hydrogens (primary N) is 1. The summed E-state index contributed by atoms with van der Waals surface area (Å²) < 4.78 is 36.8. The highest BCUT2D eigenvalue weighted by Crippen LogP contribution is 2.17. The van der Waals surface area contributed by atoms with Crippen molar-refractivity contribution in [3.63, 3.8) is 0 Å². The fraction of sp³-hybridized carbons (Fsp3) is 0.611. The third-order valence-corrected chi connectivity index (χ3v) is 6.37. The first kappa shape index (κ1) is 23.8. The molecule has 1 aliphatic rings. The minimum atomic E-state index is -3.80. The van der Waals surface area contributed by atoms with Crippen LogP contribution >= 0.6 is 0 Å². The molecule has 1 saturated heterocycles. The lowest BCUT2D eigenvalue weighted by Crippen LogP contribution is -2.38. The summed E-state index contributed by atoms with van der Waals surface area (Å²) in [6.07, 6.45) is 1.32. The largest absolute Gasteiger partial charge is 0.534 e. The van der Waals surface area contributed by atoms with Gasteiger partial charge in [-0.1, -0.05) is 11.5 Å². The summed E-state index contributed by atoms with van der Waals surface area (Å²) in [5, 5.41) is 0.353. The van der Waals surface area contributed by atoms with E-state index >= 15 is 0 Å². The highest BCUT2D eigenvalue weighted by molar-refractivity contribution is 7.89. The number of carbonyl (C=O) groups excluding carboxylic acids is 3. The SMILES string of the molecule is CN(Cc1ccco1)S(=O)(=O)CC(CCCCCN)OC(=O)ON1C(=O)CCC1=O. The van der Waals surface area contributed by atoms with Gasteiger partial charge in [-0.25, -0.2) is 13.2 Å². The van der Waals surface area contributed by atoms with Gasteiger partial charge in [0.15, 0.2) is 0 Å². The van der Waals surface area contributed by atoms with E-state index in [1.807, 2.05) is 0 Å². The Labute approximate surface area is 175 Å². The fourth-order valence-corrected chi connectivity index (χ4v) is 4.12. The summed E-state index contributed by atoms with van der Waals surface area (Å²) in [7, 11) is -2.41. The zero-order valence-corrected chi connectivity index (χ0v) is 17.6. The van der Waals surface area contributed by atoms with E-state index in [-0.39, 0.29) is 25.8 Å². The van der Waals surface area contributed by atoms with Gasteiger partial charge in [0.25, 0.3) is 11.8 Å². The summed E-state index contributed by atoms with van der Waals surface area (Å²) in [5.74, 6) is -1.32. The van der Waals surface area contributed by atoms with Crippen molar-refractivity contribution in [2.45, 2.75) is 51.2 Å². The average Bonchev–Trinajstić information content (AvgIpc) is 3.30. The van der Waals surface area contributed by atoms with E-state index in [4.69, 9.17) is 14.9 Å². The number of amides is 2. The summed E-state index contributed by atoms with van der Waals surface area (Å²) >= 11 is 0. The van der Waals surface area contributed by atoms with E-state index in [1.54, 1.807) is 12.1 Å². The third-order valence-electron chi connectivity index (χ3n) is 4.49. The Kier molecular flexibility index (Phi) is 8.81. The van der Waals surface area contributed by atoms with E-state index in [9.17, 15) is 22.8 Å². The summed E-state index contributed by atoms with van der Waals surface area (Å²) in [4.78, 5) is 39.9. The minimum absolute atomic E-state index is 0.0243. The quantitative estimate of drug-likeness (QED) is 0.284. The predicted molar refractivity (Wildman–Crippen MR) is 104 cm³/mol. The van der Waals surface area contributed by atoms with Gasteiger partial charge in [-0.2, -0.15) is 4.31 Å². The molecule has 0 saturated carbocycles. The Hall–Kier alpha value is -2.44. The van der Waals surface area contributed by atoms with Gasteiger partial charge in [0.05, 0.1) is 12.8 Å². The first-order valence-corrected chi connectivity index (χ1v) is 11.2. The lowest BCUT2D eigenvalue weighted by Gasteiger charge is -2.22. The molecule has 12 heteroatoms. The van der Waals surface area contributed by atoms with Crippen molar-refractivity contribution < 1.29 is 36.8 Å². The Bertz CT molecular complexity index is 808. The summed E-state index contributed by atoms with van der Waals surface area (Å²) in [5.41, 5.74) is 5.46. The molecule has 1 atom stereocenters. The molecular formula is C18H27N3O8S. The van der Waals surface area contributed by atoms with E-state index in [0.29, 0.717) is 23.8 Å². The van der Waals surface area contributed by atoms with Crippen LogP contribution in [0.5, 0.6) is 0 Å². The lowest BCUT2D eigenvalue weighted by atomic mass is 10.1. The topological polar surface area (TPSA) is 149 Å². The number of furan rings is 1. The highest BCUT2D eigenvalue weighted by atomic mass is 32.2. The number of nitrogens with zero attached hydrogens (tertiary/aromatic N) is 2. The number of sulfonamides is 1. The van der Waals surface area contributed by atoms with Gasteiger partial charge in [-0.15, -0.1) is 0 Å². The second-order valence-corrected chi connectivity index (χ2v) is 9.04. The maximum Gasteiger partial charge on any atom is 0.534 e. The Morgan fingerprint density at radius 1 is 1.27 bits per heavy atom. The molecule has 2 N–H and O–H groups in total. The molecule has 0 spiro atoms. The standard InChI is InChI=1S/C18H27N3O8S/c1-20(12-14-7-5-11-27-14)30(25,26)13-15(6-3-2-4-10-19)28-18(24)29-21-16(22)8-9-17(21)23/h5,7,11,15H,2-4,6,8-10,12-13,19H2,1H3. The number of unbranched alkanes of at least 4 members (excludes halogenated alkanes) is 2. The number of imide groups is 1. The van der Waals surface area contributed by atoms with Crippen LogP contribution < -0.4 is 5.73 Å². The van der Waals surface area contributed by atoms with Crippen LogP contribution in [-0.4, -0.2) is 61.2 Å². The van der Waals surface area contributed by atoms with Crippen LogP contribution in [0.15, 0.2) is 22.8 Å². The molecule has 0 aromatic carbocycles. The Morgan fingerprint density at radius 3 is 2.57 bits per heavy atom. The number of hydrogen-bond donors (Lipinski definition) is 1. The van der Waals surface area contributed by atoms with E-state index < -0.39 is 39.8 Å². The van der Waals surface area contributed by atoms with Crippen LogP contribution in [0, 0.1) is 0 Å². The van der Waals surface area contributed by atoms with E-state index in [1.165, 1.54) is 13.3 Å². The monoisotopic (exact) mass is 445 g/mol. The first-order valence-electron chi connectivity index (χ1n) is 9.63. The zero-order valence-electron chi connectivity index (χ0n) is 16.8. The maximum absolute atomic E-state index is 12.7. The van der Waals surface area contributed by atoms with Crippen molar-refractivity contribution in [3.05, 3.63) is 24.2 Å². The van der Waals surface area contributed by atoms with Crippen molar-refractivity contribution in [3.8, 4) is 0 Å². The second kappa shape index (κ2) is 11.1. The van der Waals surface area contributed by atoms with Crippen molar-refractivity contribution in [1.29, 1.82) is 0 Å². The lowest BCUT2D eigenvalue weighted by molar-refractivity contribution is -0.178. The molecule has 2 rings (SSSR count). The molecular weight excluding hydrogens is 418 g/mol. The molecule has 168 valence electrons. The van der Waals surface area contributed by atoms with E-state index in [0.717, 1.165) is 17.1 Å². The maximum atomic E-state index is 12.7. The summed E-state index contributed by atoms with van der Waals surface area (Å²) in [6, 6.07) is 3.30. The van der Waals surface area contributed by atoms with Crippen molar-refractivity contribution >= 4 is 28.0 Å². The van der Waals surface area contributed by atoms with Crippen LogP contribution in [-0.2, 0) is 35.7 Å². The fourth-order valence-electron chi connectivity index (χ4n) is 2.84. The molecule has 1 aromatic heterocycles. The molecule has 0 radical (unpaired) electrons. The van der Waals surface area contributed by atoms with Gasteiger partial charge in [0.2, 0.25) is 10.0 Å². The Morgan fingerprint density at radius 2 is 1.97 bits per heavy atom. The second-order valence-electron chi connectivity index (χ2n) is 6.91. The van der Waals surface area contributed by atoms with Crippen LogP contribution in [0.25, 0.3) is 0 Å². The van der Waals surface area contributed by atoms with Crippen LogP contribution in [0.2, 0.25) is 0 Å². The molecule has 1 aromatic rings. The molecule has 1 fully saturated rings. The van der Waals surface area contributed by atoms with Crippen LogP contribution in [0.3, 0.4) is 0 Å². The predicted octanol–water partition coefficient (Wildman–Crippen LogP) is 1.15. The van der Waals surface area contributed by atoms with Gasteiger partial charge < -0.3 is 14.9 Å². The van der Waals surface area contributed by atoms with Gasteiger partial charge in [0.1, 0.15) is 17.6 Å². The Balaban J connectivity index is 1.99. The molecule has 11 nitrogen and oxygen atoms in total. The van der Waals surface area contributed by atoms with E-state index in [2.05, 4.69) is 4.84 Å². The van der Waals surface area contributed by atoms with Gasteiger partial charge in [0, 0.05) is 19.9 Å². The third kappa shape index (κ3) is 7.11. The number of hydrogen-bond acceptors (Lipinski definition) is 9. The van der Waals surface area contributed by atoms with Gasteiger partial charge >= 0.3 is 6.16 Å². The molecule has 0 aliphatic carbocycles. The minimum Gasteiger partial charge on any atom is -0.468 e. The smallest absolute Gasteiger partial charge is 0.468 e. The summed E-state index contributed by atoms with van der Waals surface area (Å²) in [6.45, 7) is 0.521. The van der Waals surface area contributed by atoms with Crippen molar-refractivity contribution in [1.82, 2.24) is 9.37 Å². The van der Waals surface area contributed by atoms with Crippen molar-refractivity contribution in [2.75, 3.05) is 19.3 Å². The number of hydroxylamine groups is 2. The molecule has 30 heavy (non-hydrogen) atoms. The number of ether oxygens (including phenoxy) is 1. The molecule has 1 unspecified atom stereocenters. The number of rotatable bonds is 12. The van der Waals surface area contributed by atoms with Crippen molar-refractivity contribution in [2.24, 2.45) is 5.73 Å². The van der Waals surface area contributed by atoms with Gasteiger partial charge in [-0.05, 0) is 37.9 Å². The average molecular weight is 445 g/mol. The highest BCUT2D eigenvalue weighted by Gasteiger charge is 2.35. The van der Waals surface area contributed by atoms with Gasteiger partial charge in [-0.3, -0.25) is 14.4 Å². The molecule has 1 aliphatic heterocycles. The molecule has 2 heterocycles. The molecule has 2 amide bonds. The van der Waals surface area contributed by atoms with Crippen LogP contribution in [0.1, 0.15) is 44.3 Å². The number of carbonyl (C=O) groups is 3.